The number of hydrogen-bond acceptors (Lipinski definition) is 8. The average molecular weight is 516 g/mol. The smallest absolute Gasteiger partial charge is 0.307 e. The van der Waals surface area contributed by atoms with Crippen LogP contribution in [0.2, 0.25) is 0 Å². The van der Waals surface area contributed by atoms with Gasteiger partial charge in [0.25, 0.3) is 16.0 Å². The monoisotopic (exact) mass is 515 g/mol. The molecule has 14 heteroatoms. The summed E-state index contributed by atoms with van der Waals surface area (Å²) in [5, 5.41) is 10.1. The van der Waals surface area contributed by atoms with Gasteiger partial charge in [0.2, 0.25) is 5.91 Å². The van der Waals surface area contributed by atoms with E-state index in [1.54, 1.807) is 43.1 Å². The first-order valence-corrected chi connectivity index (χ1v) is 12.8. The van der Waals surface area contributed by atoms with Gasteiger partial charge in [0, 0.05) is 30.8 Å². The average Bonchev–Trinajstić information content (AvgIpc) is 3.01. The number of esters is 1. The zero-order chi connectivity index (χ0) is 26.1. The van der Waals surface area contributed by atoms with E-state index in [1.165, 1.54) is 11.8 Å². The highest BCUT2D eigenvalue weighted by molar-refractivity contribution is 8.15. The van der Waals surface area contributed by atoms with E-state index in [0.29, 0.717) is 29.2 Å². The molecule has 1 aromatic rings. The Morgan fingerprint density at radius 2 is 1.79 bits per heavy atom. The van der Waals surface area contributed by atoms with Crippen LogP contribution in [-0.4, -0.2) is 84.4 Å². The minimum absolute atomic E-state index is 0.0768. The predicted molar refractivity (Wildman–Crippen MR) is 130 cm³/mol. The second-order valence-electron chi connectivity index (χ2n) is 7.16. The number of ether oxygens (including phenoxy) is 1. The second-order valence-corrected chi connectivity index (χ2v) is 9.73. The molecule has 2 atom stereocenters. The van der Waals surface area contributed by atoms with Crippen molar-refractivity contribution < 1.29 is 32.1 Å². The minimum Gasteiger partial charge on any atom is -0.466 e. The van der Waals surface area contributed by atoms with Crippen molar-refractivity contribution in [1.82, 2.24) is 10.2 Å². The van der Waals surface area contributed by atoms with Crippen LogP contribution in [0.15, 0.2) is 29.3 Å². The lowest BCUT2D eigenvalue weighted by molar-refractivity contribution is -0.143. The standard InChI is InChI=1S/C19H25N5O4S.CH4O3S/c1-4-28-14(25)9-10-22-18(27)15-11(2)24(3)19(29-15)23-17(26)13-7-5-12(6-8-13)16(20)21;1-5(2,3)4/h5-8,11,15H,4,9-10H2,1-3H3,(H3,20,21)(H,22,27);1H3,(H,2,3,4). The van der Waals surface area contributed by atoms with Gasteiger partial charge < -0.3 is 20.7 Å². The topological polar surface area (TPSA) is 192 Å². The molecule has 12 nitrogen and oxygen atoms in total. The van der Waals surface area contributed by atoms with E-state index in [2.05, 4.69) is 10.3 Å². The summed E-state index contributed by atoms with van der Waals surface area (Å²) in [6.45, 7) is 4.09. The Labute approximate surface area is 202 Å². The fraction of sp³-hybridized carbons (Fsp3) is 0.450. The molecule has 0 aliphatic carbocycles. The number of hydrogen-bond donors (Lipinski definition) is 4. The van der Waals surface area contributed by atoms with Gasteiger partial charge in [-0.2, -0.15) is 13.4 Å². The van der Waals surface area contributed by atoms with Crippen molar-refractivity contribution in [3.63, 3.8) is 0 Å². The summed E-state index contributed by atoms with van der Waals surface area (Å²) in [5.74, 6) is -1.10. The number of amidine groups is 2. The Morgan fingerprint density at radius 3 is 2.29 bits per heavy atom. The molecular weight excluding hydrogens is 486 g/mol. The van der Waals surface area contributed by atoms with Crippen molar-refractivity contribution in [1.29, 1.82) is 5.41 Å². The molecule has 0 bridgehead atoms. The van der Waals surface area contributed by atoms with E-state index >= 15 is 0 Å². The molecule has 2 unspecified atom stereocenters. The van der Waals surface area contributed by atoms with E-state index < -0.39 is 21.3 Å². The number of thioether (sulfide) groups is 1. The summed E-state index contributed by atoms with van der Waals surface area (Å²) in [6, 6.07) is 6.12. The maximum Gasteiger partial charge on any atom is 0.307 e. The highest BCUT2D eigenvalue weighted by Crippen LogP contribution is 2.31. The molecule has 1 aliphatic heterocycles. The van der Waals surface area contributed by atoms with Gasteiger partial charge in [-0.1, -0.05) is 23.9 Å². The molecular formula is C20H29N5O7S2. The summed E-state index contributed by atoms with van der Waals surface area (Å²) in [6.07, 6.45) is 0.823. The molecule has 1 fully saturated rings. The number of carbonyl (C=O) groups is 3. The van der Waals surface area contributed by atoms with Gasteiger partial charge in [0.05, 0.1) is 19.3 Å². The Morgan fingerprint density at radius 1 is 1.26 bits per heavy atom. The summed E-state index contributed by atoms with van der Waals surface area (Å²) in [5.41, 5.74) is 6.30. The van der Waals surface area contributed by atoms with Gasteiger partial charge in [-0.25, -0.2) is 0 Å². The van der Waals surface area contributed by atoms with Crippen LogP contribution in [0.4, 0.5) is 0 Å². The van der Waals surface area contributed by atoms with Crippen LogP contribution in [0.3, 0.4) is 0 Å². The molecule has 1 heterocycles. The summed E-state index contributed by atoms with van der Waals surface area (Å²) < 4.78 is 30.7. The third-order valence-corrected chi connectivity index (χ3v) is 5.87. The highest BCUT2D eigenvalue weighted by Gasteiger charge is 2.39. The van der Waals surface area contributed by atoms with Crippen molar-refractivity contribution in [3.8, 4) is 0 Å². The normalized spacial score (nSPS) is 18.6. The third-order valence-electron chi connectivity index (χ3n) is 4.42. The SMILES string of the molecule is CCOC(=O)CCNC(=O)C1SC(=NC(=O)c2ccc(C(=N)N)cc2)N(C)C1C.CS(=O)(=O)O. The molecule has 5 N–H and O–H groups in total. The molecule has 0 spiro atoms. The van der Waals surface area contributed by atoms with Crippen LogP contribution < -0.4 is 11.1 Å². The first-order valence-electron chi connectivity index (χ1n) is 10.1. The van der Waals surface area contributed by atoms with Crippen molar-refractivity contribution in [2.75, 3.05) is 26.5 Å². The molecule has 2 rings (SSSR count). The van der Waals surface area contributed by atoms with Gasteiger partial charge in [0.1, 0.15) is 11.1 Å². The van der Waals surface area contributed by atoms with Gasteiger partial charge >= 0.3 is 5.97 Å². The molecule has 34 heavy (non-hydrogen) atoms. The zero-order valence-corrected chi connectivity index (χ0v) is 20.9. The number of amides is 2. The zero-order valence-electron chi connectivity index (χ0n) is 19.3. The first kappa shape index (κ1) is 29.1. The Bertz CT molecular complexity index is 1030. The summed E-state index contributed by atoms with van der Waals surface area (Å²) >= 11 is 1.21. The van der Waals surface area contributed by atoms with Crippen LogP contribution in [0.1, 0.15) is 36.2 Å². The lowest BCUT2D eigenvalue weighted by Crippen LogP contribution is -2.41. The van der Waals surface area contributed by atoms with Gasteiger partial charge in [0.15, 0.2) is 5.17 Å². The fourth-order valence-corrected chi connectivity index (χ4v) is 3.88. The quantitative estimate of drug-likeness (QED) is 0.172. The maximum atomic E-state index is 12.5. The number of carbonyl (C=O) groups excluding carboxylic acids is 3. The largest absolute Gasteiger partial charge is 0.466 e. The van der Waals surface area contributed by atoms with Gasteiger partial charge in [-0.15, -0.1) is 0 Å². The van der Waals surface area contributed by atoms with E-state index in [9.17, 15) is 22.8 Å². The van der Waals surface area contributed by atoms with Crippen LogP contribution in [0.25, 0.3) is 0 Å². The van der Waals surface area contributed by atoms with Crippen molar-refractivity contribution >= 4 is 50.7 Å². The van der Waals surface area contributed by atoms with E-state index in [-0.39, 0.29) is 36.7 Å². The third kappa shape index (κ3) is 9.89. The summed E-state index contributed by atoms with van der Waals surface area (Å²) in [4.78, 5) is 42.2. The van der Waals surface area contributed by atoms with Crippen LogP contribution in [0.5, 0.6) is 0 Å². The molecule has 2 amide bonds. The van der Waals surface area contributed by atoms with Gasteiger partial charge in [-0.3, -0.25) is 24.3 Å². The van der Waals surface area contributed by atoms with Crippen molar-refractivity contribution in [3.05, 3.63) is 35.4 Å². The molecule has 1 aromatic carbocycles. The van der Waals surface area contributed by atoms with Crippen LogP contribution in [0, 0.1) is 5.41 Å². The number of nitrogen functional groups attached to an aromatic ring is 1. The lowest BCUT2D eigenvalue weighted by Gasteiger charge is -2.19. The molecule has 1 saturated heterocycles. The lowest BCUT2D eigenvalue weighted by atomic mass is 10.1. The number of aliphatic imine (C=N–C) groups is 1. The predicted octanol–water partition coefficient (Wildman–Crippen LogP) is 0.476. The van der Waals surface area contributed by atoms with E-state index in [4.69, 9.17) is 20.4 Å². The number of benzene rings is 1. The Hall–Kier alpha value is -2.97. The van der Waals surface area contributed by atoms with Gasteiger partial charge in [-0.05, 0) is 26.0 Å². The van der Waals surface area contributed by atoms with Crippen molar-refractivity contribution in [2.45, 2.75) is 31.6 Å². The maximum absolute atomic E-state index is 12.5. The first-order chi connectivity index (χ1) is 15.7. The van der Waals surface area contributed by atoms with Crippen molar-refractivity contribution in [2.24, 2.45) is 10.7 Å². The number of rotatable bonds is 7. The molecule has 188 valence electrons. The fourth-order valence-electron chi connectivity index (χ4n) is 2.62. The van der Waals surface area contributed by atoms with Crippen LogP contribution in [-0.2, 0) is 24.4 Å². The second kappa shape index (κ2) is 13.1. The Kier molecular flexibility index (Phi) is 11.2. The number of nitrogens with one attached hydrogen (secondary N) is 2. The Balaban J connectivity index is 0.00000104. The van der Waals surface area contributed by atoms with E-state index in [0.717, 1.165) is 0 Å². The van der Waals surface area contributed by atoms with E-state index in [1.807, 2.05) is 6.92 Å². The minimum atomic E-state index is -3.67. The molecule has 0 radical (unpaired) electrons. The summed E-state index contributed by atoms with van der Waals surface area (Å²) in [7, 11) is -1.89. The number of nitrogens with two attached hydrogens (primary N) is 1. The molecule has 1 aliphatic rings. The highest BCUT2D eigenvalue weighted by atomic mass is 32.2. The van der Waals surface area contributed by atoms with Crippen LogP contribution >= 0.6 is 11.8 Å². The molecule has 0 saturated carbocycles. The number of nitrogens with zero attached hydrogens (tertiary/aromatic N) is 2. The molecule has 0 aromatic heterocycles.